The van der Waals surface area contributed by atoms with Gasteiger partial charge >= 0.3 is 0 Å². The first-order valence-corrected chi connectivity index (χ1v) is 11.4. The van der Waals surface area contributed by atoms with Gasteiger partial charge in [-0.25, -0.2) is 4.98 Å². The van der Waals surface area contributed by atoms with Crippen molar-refractivity contribution < 1.29 is 8.98 Å². The van der Waals surface area contributed by atoms with Crippen LogP contribution in [0.25, 0.3) is 0 Å². The summed E-state index contributed by atoms with van der Waals surface area (Å²) in [7, 11) is 0. The van der Waals surface area contributed by atoms with Crippen molar-refractivity contribution in [1.29, 1.82) is 0 Å². The lowest BCUT2D eigenvalue weighted by molar-refractivity contribution is 0.273. The fraction of sp³-hybridized carbons (Fsp3) is 0.158. The average molecular weight is 508 g/mol. The second-order valence-corrected chi connectivity index (χ2v) is 9.76. The van der Waals surface area contributed by atoms with Crippen LogP contribution < -0.4 is 0 Å². The van der Waals surface area contributed by atoms with E-state index < -0.39 is 0 Å². The van der Waals surface area contributed by atoms with Gasteiger partial charge < -0.3 is 8.75 Å². The highest BCUT2D eigenvalue weighted by Gasteiger charge is 2.21. The molecule has 1 heterocycles. The van der Waals surface area contributed by atoms with Crippen molar-refractivity contribution >= 4 is 74.7 Å². The van der Waals surface area contributed by atoms with E-state index in [-0.39, 0.29) is 16.3 Å². The van der Waals surface area contributed by atoms with E-state index in [0.29, 0.717) is 26.6 Å². The van der Waals surface area contributed by atoms with Gasteiger partial charge in [0, 0.05) is 39.0 Å². The Hall–Kier alpha value is -0.860. The molecule has 0 saturated heterocycles. The van der Waals surface area contributed by atoms with Crippen molar-refractivity contribution in [2.75, 3.05) is 0 Å². The number of hydrogen-bond donors (Lipinski definition) is 0. The maximum atomic E-state index is 12.5. The van der Waals surface area contributed by atoms with Crippen LogP contribution in [0, 0.1) is 0 Å². The number of rotatable bonds is 7. The van der Waals surface area contributed by atoms with Gasteiger partial charge in [0.2, 0.25) is 0 Å². The number of benzene rings is 2. The van der Waals surface area contributed by atoms with Crippen molar-refractivity contribution in [1.82, 2.24) is 9.55 Å². The van der Waals surface area contributed by atoms with Gasteiger partial charge in [0.1, 0.15) is 0 Å². The van der Waals surface area contributed by atoms with Gasteiger partial charge in [0.25, 0.3) is 4.45 Å². The number of carbonyl (C=O) groups excluding carboxylic acids is 1. The number of hydrogen-bond acceptors (Lipinski definition) is 5. The zero-order valence-electron chi connectivity index (χ0n) is 14.7. The molecule has 0 spiro atoms. The van der Waals surface area contributed by atoms with Crippen LogP contribution in [0.1, 0.15) is 16.4 Å². The molecule has 0 aliphatic heterocycles. The van der Waals surface area contributed by atoms with Gasteiger partial charge in [-0.2, -0.15) is 0 Å². The van der Waals surface area contributed by atoms with E-state index in [1.165, 1.54) is 0 Å². The normalized spacial score (nSPS) is 12.1. The van der Waals surface area contributed by atoms with Crippen LogP contribution in [0.15, 0.2) is 55.1 Å². The Labute approximate surface area is 197 Å². The Morgan fingerprint density at radius 2 is 1.79 bits per heavy atom. The van der Waals surface area contributed by atoms with Gasteiger partial charge in [0.05, 0.1) is 30.2 Å². The predicted molar refractivity (Wildman–Crippen MR) is 123 cm³/mol. The summed E-state index contributed by atoms with van der Waals surface area (Å²) in [5.74, 6) is 0. The van der Waals surface area contributed by atoms with Gasteiger partial charge in [-0.3, -0.25) is 4.79 Å². The summed E-state index contributed by atoms with van der Waals surface area (Å²) in [6.07, 6.45) is 5.20. The minimum atomic E-state index is -0.239. The molecule has 29 heavy (non-hydrogen) atoms. The molecule has 0 aliphatic carbocycles. The third-order valence-electron chi connectivity index (χ3n) is 3.84. The Morgan fingerprint density at radius 3 is 2.45 bits per heavy atom. The molecule has 0 bridgehead atoms. The highest BCUT2D eigenvalue weighted by molar-refractivity contribution is 8.36. The topological polar surface area (TPSA) is 44.1 Å². The van der Waals surface area contributed by atoms with E-state index in [2.05, 4.69) is 4.98 Å². The summed E-state index contributed by atoms with van der Waals surface area (Å²) in [5, 5.41) is 1.83. The molecule has 1 aromatic heterocycles. The molecule has 3 rings (SSSR count). The minimum Gasteiger partial charge on any atom is -0.336 e. The van der Waals surface area contributed by atoms with Crippen LogP contribution >= 0.6 is 70.2 Å². The summed E-state index contributed by atoms with van der Waals surface area (Å²) in [6.45, 7) is 0.697. The highest BCUT2D eigenvalue weighted by Crippen LogP contribution is 2.39. The summed E-state index contributed by atoms with van der Waals surface area (Å²) in [5.41, 5.74) is 1.56. The van der Waals surface area contributed by atoms with Crippen molar-refractivity contribution in [2.24, 2.45) is 0 Å². The van der Waals surface area contributed by atoms with Crippen LogP contribution in [0.5, 0.6) is 0 Å². The molecule has 0 aliphatic rings. The highest BCUT2D eigenvalue weighted by atomic mass is 35.5. The molecule has 1 unspecified atom stereocenters. The molecule has 10 heteroatoms. The zero-order valence-corrected chi connectivity index (χ0v) is 19.4. The molecule has 0 N–H and O–H groups in total. The fourth-order valence-electron chi connectivity index (χ4n) is 2.46. The first-order valence-electron chi connectivity index (χ1n) is 8.27. The monoisotopic (exact) mass is 506 g/mol. The summed E-state index contributed by atoms with van der Waals surface area (Å²) >= 11 is 26.3. The Balaban J connectivity index is 1.64. The zero-order chi connectivity index (χ0) is 20.8. The van der Waals surface area contributed by atoms with Crippen LogP contribution in [0.3, 0.4) is 0 Å². The van der Waals surface area contributed by atoms with Crippen LogP contribution in [0.2, 0.25) is 20.1 Å². The number of aromatic nitrogens is 2. The van der Waals surface area contributed by atoms with E-state index >= 15 is 0 Å². The molecule has 4 nitrogen and oxygen atoms in total. The predicted octanol–water partition coefficient (Wildman–Crippen LogP) is 7.96. The van der Waals surface area contributed by atoms with E-state index in [1.807, 2.05) is 16.8 Å². The van der Waals surface area contributed by atoms with E-state index in [9.17, 15) is 4.79 Å². The quantitative estimate of drug-likeness (QED) is 0.303. The molecule has 0 saturated carbocycles. The minimum absolute atomic E-state index is 0.181. The molecule has 2 aromatic carbocycles. The summed E-state index contributed by atoms with van der Waals surface area (Å²) in [6, 6.07) is 10.4. The first kappa shape index (κ1) is 22.8. The Morgan fingerprint density at radius 1 is 1.07 bits per heavy atom. The number of imidazole rings is 1. The molecule has 152 valence electrons. The summed E-state index contributed by atoms with van der Waals surface area (Å²) in [4.78, 5) is 16.6. The lowest BCUT2D eigenvalue weighted by Gasteiger charge is -2.18. The molecule has 0 amide bonds. The molecular formula is C19H14Cl4N2O2S2. The second kappa shape index (κ2) is 11.0. The average Bonchev–Trinajstić information content (AvgIpc) is 3.16. The number of thioether (sulfide) groups is 1. The number of nitrogens with zero attached hydrogens (tertiary/aromatic N) is 2. The van der Waals surface area contributed by atoms with Gasteiger partial charge in [0.15, 0.2) is 0 Å². The third-order valence-corrected chi connectivity index (χ3v) is 6.73. The Bertz CT molecular complexity index is 986. The third kappa shape index (κ3) is 6.82. The van der Waals surface area contributed by atoms with Crippen LogP contribution in [-0.4, -0.2) is 14.0 Å². The number of carbonyl (C=O) groups is 1. The van der Waals surface area contributed by atoms with Crippen molar-refractivity contribution in [3.8, 4) is 0 Å². The molecular weight excluding hydrogens is 494 g/mol. The van der Waals surface area contributed by atoms with E-state index in [1.54, 1.807) is 42.9 Å². The van der Waals surface area contributed by atoms with Gasteiger partial charge in [-0.15, -0.1) is 0 Å². The molecule has 3 aromatic rings. The molecule has 0 radical (unpaired) electrons. The van der Waals surface area contributed by atoms with Crippen molar-refractivity contribution in [3.05, 3.63) is 86.3 Å². The second-order valence-electron chi connectivity index (χ2n) is 5.86. The van der Waals surface area contributed by atoms with Gasteiger partial charge in [-0.05, 0) is 35.4 Å². The standard InChI is InChI=1S/C19H14Cl4N2O2S2/c20-13-2-1-12(16(22)7-13)10-27-29-19(26)28-18(9-25-6-5-24-11-25)15-4-3-14(21)8-17(15)23/h1-8,11,18H,9-10H2. The number of halogens is 4. The smallest absolute Gasteiger partial charge is 0.273 e. The maximum absolute atomic E-state index is 12.5. The van der Waals surface area contributed by atoms with E-state index in [4.69, 9.17) is 50.6 Å². The lowest BCUT2D eigenvalue weighted by Crippen LogP contribution is -2.07. The van der Waals surface area contributed by atoms with Crippen molar-refractivity contribution in [2.45, 2.75) is 18.4 Å². The summed E-state index contributed by atoms with van der Waals surface area (Å²) < 4.78 is 7.15. The van der Waals surface area contributed by atoms with E-state index in [0.717, 1.165) is 34.9 Å². The van der Waals surface area contributed by atoms with Crippen LogP contribution in [0.4, 0.5) is 4.79 Å². The maximum Gasteiger partial charge on any atom is 0.273 e. The van der Waals surface area contributed by atoms with Crippen molar-refractivity contribution in [3.63, 3.8) is 0 Å². The first-order chi connectivity index (χ1) is 13.9. The Kier molecular flexibility index (Phi) is 8.62. The molecule has 0 fully saturated rings. The molecule has 1 atom stereocenters. The van der Waals surface area contributed by atoms with Crippen LogP contribution in [-0.2, 0) is 17.3 Å². The largest absolute Gasteiger partial charge is 0.336 e. The lowest BCUT2D eigenvalue weighted by atomic mass is 10.1. The SMILES string of the molecule is O=C(SOCc1ccc(Cl)cc1Cl)SC(Cn1ccnc1)c1ccc(Cl)cc1Cl. The van der Waals surface area contributed by atoms with Gasteiger partial charge in [-0.1, -0.05) is 70.3 Å². The fourth-order valence-corrected chi connectivity index (χ4v) is 5.27.